The summed E-state index contributed by atoms with van der Waals surface area (Å²) >= 11 is 0. The average molecular weight is 459 g/mol. The Kier molecular flexibility index (Phi) is 7.27. The van der Waals surface area contributed by atoms with Crippen molar-refractivity contribution in [2.75, 3.05) is 19.6 Å². The van der Waals surface area contributed by atoms with Crippen molar-refractivity contribution in [2.45, 2.75) is 25.3 Å². The van der Waals surface area contributed by atoms with E-state index in [4.69, 9.17) is 0 Å². The summed E-state index contributed by atoms with van der Waals surface area (Å²) in [5, 5.41) is 5.98. The lowest BCUT2D eigenvalue weighted by molar-refractivity contribution is -0.143. The molecule has 0 spiro atoms. The number of rotatable bonds is 8. The number of nitrogens with one attached hydrogen (secondary N) is 2. The van der Waals surface area contributed by atoms with E-state index >= 15 is 0 Å². The van der Waals surface area contributed by atoms with E-state index in [9.17, 15) is 19.2 Å². The van der Waals surface area contributed by atoms with E-state index < -0.39 is 23.6 Å². The molecule has 8 nitrogen and oxygen atoms in total. The fourth-order valence-corrected chi connectivity index (χ4v) is 4.19. The molecule has 1 aliphatic rings. The molecule has 3 amide bonds. The fourth-order valence-electron chi connectivity index (χ4n) is 4.19. The van der Waals surface area contributed by atoms with Crippen LogP contribution in [0.25, 0.3) is 10.9 Å². The first-order valence-electron chi connectivity index (χ1n) is 11.3. The highest BCUT2D eigenvalue weighted by Crippen LogP contribution is 2.19. The molecule has 2 aromatic carbocycles. The van der Waals surface area contributed by atoms with Crippen LogP contribution in [-0.2, 0) is 20.8 Å². The number of fused-ring (bicyclic) bond motifs is 1. The Labute approximate surface area is 197 Å². The number of benzene rings is 2. The maximum atomic E-state index is 12.8. The van der Waals surface area contributed by atoms with Gasteiger partial charge in [0.1, 0.15) is 6.04 Å². The molecule has 0 unspecified atom stereocenters. The highest BCUT2D eigenvalue weighted by atomic mass is 16.2. The van der Waals surface area contributed by atoms with E-state index in [0.29, 0.717) is 48.8 Å². The van der Waals surface area contributed by atoms with Gasteiger partial charge in [0.15, 0.2) is 0 Å². The third-order valence-corrected chi connectivity index (χ3v) is 5.94. The highest BCUT2D eigenvalue weighted by molar-refractivity contribution is 6.38. The number of amides is 3. The molecule has 8 heteroatoms. The summed E-state index contributed by atoms with van der Waals surface area (Å²) in [6.07, 6.45) is 3.22. The third kappa shape index (κ3) is 5.28. The first-order chi connectivity index (χ1) is 16.5. The zero-order valence-electron chi connectivity index (χ0n) is 18.7. The smallest absolute Gasteiger partial charge is 0.289 e. The monoisotopic (exact) mass is 458 g/mol. The second-order valence-corrected chi connectivity index (χ2v) is 8.16. The number of carbonyl (C=O) groups excluding carboxylic acids is 4. The van der Waals surface area contributed by atoms with Crippen molar-refractivity contribution < 1.29 is 19.2 Å². The van der Waals surface area contributed by atoms with Crippen LogP contribution in [0.5, 0.6) is 0 Å². The number of Topliss-reactive ketones (excluding diaryl/α,β-unsaturated/α-hetero) is 1. The Balaban J connectivity index is 1.31. The molecule has 0 radical (unpaired) electrons. The van der Waals surface area contributed by atoms with Gasteiger partial charge in [-0.1, -0.05) is 48.5 Å². The lowest BCUT2D eigenvalue weighted by Crippen LogP contribution is -2.49. The molecule has 2 N–H and O–H groups in total. The van der Waals surface area contributed by atoms with Gasteiger partial charge < -0.3 is 15.5 Å². The first-order valence-corrected chi connectivity index (χ1v) is 11.3. The number of likely N-dealkylation sites (tertiary alicyclic amines) is 1. The largest absolute Gasteiger partial charge is 0.349 e. The number of pyridine rings is 1. The summed E-state index contributed by atoms with van der Waals surface area (Å²) in [7, 11) is 0. The molecule has 4 rings (SSSR count). The van der Waals surface area contributed by atoms with E-state index in [1.807, 2.05) is 48.5 Å². The van der Waals surface area contributed by atoms with Crippen LogP contribution in [0.3, 0.4) is 0 Å². The van der Waals surface area contributed by atoms with E-state index in [2.05, 4.69) is 15.6 Å². The minimum atomic E-state index is -0.803. The van der Waals surface area contributed by atoms with Crippen molar-refractivity contribution in [3.05, 3.63) is 78.0 Å². The molecule has 1 aromatic heterocycles. The van der Waals surface area contributed by atoms with Gasteiger partial charge in [-0.3, -0.25) is 24.2 Å². The Morgan fingerprint density at radius 3 is 2.53 bits per heavy atom. The summed E-state index contributed by atoms with van der Waals surface area (Å²) in [6.45, 7) is 0.459. The van der Waals surface area contributed by atoms with Crippen LogP contribution in [0.4, 0.5) is 0 Å². The number of hydrogen-bond donors (Lipinski definition) is 2. The normalized spacial score (nSPS) is 15.2. The lowest BCUT2D eigenvalue weighted by atomic mass is 10.1. The summed E-state index contributed by atoms with van der Waals surface area (Å²) in [6, 6.07) is 17.7. The molecular formula is C26H26N4O4. The molecule has 0 bridgehead atoms. The standard InChI is InChI=1S/C26H26N4O4/c31-23(17-29-25(33)20-13-15-27-21-10-5-4-9-19(20)21)30-16-6-11-22(30)24(32)26(34)28-14-12-18-7-2-1-3-8-18/h1-5,7-10,13,15,22H,6,11-12,14,16-17H2,(H,28,34)(H,29,33)/t22-/m0/s1. The van der Waals surface area contributed by atoms with Crippen LogP contribution < -0.4 is 10.6 Å². The van der Waals surface area contributed by atoms with Gasteiger partial charge in [0, 0.05) is 24.7 Å². The van der Waals surface area contributed by atoms with E-state index in [1.165, 1.54) is 4.90 Å². The van der Waals surface area contributed by atoms with E-state index in [-0.39, 0.29) is 12.5 Å². The maximum absolute atomic E-state index is 12.8. The molecule has 34 heavy (non-hydrogen) atoms. The van der Waals surface area contributed by atoms with Gasteiger partial charge in [-0.05, 0) is 37.0 Å². The zero-order chi connectivity index (χ0) is 23.9. The molecule has 174 valence electrons. The van der Waals surface area contributed by atoms with Crippen LogP contribution in [0.1, 0.15) is 28.8 Å². The van der Waals surface area contributed by atoms with Crippen molar-refractivity contribution in [3.63, 3.8) is 0 Å². The van der Waals surface area contributed by atoms with Crippen molar-refractivity contribution in [1.82, 2.24) is 20.5 Å². The van der Waals surface area contributed by atoms with Gasteiger partial charge in [-0.15, -0.1) is 0 Å². The molecule has 1 aliphatic heterocycles. The summed E-state index contributed by atoms with van der Waals surface area (Å²) in [4.78, 5) is 56.2. The minimum Gasteiger partial charge on any atom is -0.349 e. The minimum absolute atomic E-state index is 0.255. The van der Waals surface area contributed by atoms with Gasteiger partial charge in [0.25, 0.3) is 11.8 Å². The van der Waals surface area contributed by atoms with Crippen LogP contribution in [-0.4, -0.2) is 59.1 Å². The number of nitrogens with zero attached hydrogens (tertiary/aromatic N) is 2. The Morgan fingerprint density at radius 1 is 0.941 bits per heavy atom. The van der Waals surface area contributed by atoms with Crippen molar-refractivity contribution in [2.24, 2.45) is 0 Å². The van der Waals surface area contributed by atoms with Crippen molar-refractivity contribution in [3.8, 4) is 0 Å². The quantitative estimate of drug-likeness (QED) is 0.501. The summed E-state index contributed by atoms with van der Waals surface area (Å²) in [5.41, 5.74) is 2.17. The molecule has 1 atom stereocenters. The number of aromatic nitrogens is 1. The van der Waals surface area contributed by atoms with Crippen molar-refractivity contribution in [1.29, 1.82) is 0 Å². The SMILES string of the molecule is O=C(NCCc1ccccc1)C(=O)[C@@H]1CCCN1C(=O)CNC(=O)c1ccnc2ccccc12. The number of ketones is 1. The molecule has 3 aromatic rings. The van der Waals surface area contributed by atoms with Gasteiger partial charge in [0.05, 0.1) is 17.6 Å². The van der Waals surface area contributed by atoms with Crippen LogP contribution in [0.2, 0.25) is 0 Å². The van der Waals surface area contributed by atoms with Crippen LogP contribution >= 0.6 is 0 Å². The van der Waals surface area contributed by atoms with Gasteiger partial charge in [-0.25, -0.2) is 0 Å². The zero-order valence-corrected chi connectivity index (χ0v) is 18.7. The number of hydrogen-bond acceptors (Lipinski definition) is 5. The molecule has 1 saturated heterocycles. The van der Waals surface area contributed by atoms with Crippen LogP contribution in [0, 0.1) is 0 Å². The molecule has 1 fully saturated rings. The maximum Gasteiger partial charge on any atom is 0.289 e. The Morgan fingerprint density at radius 2 is 1.71 bits per heavy atom. The fraction of sp³-hybridized carbons (Fsp3) is 0.269. The predicted molar refractivity (Wildman–Crippen MR) is 127 cm³/mol. The Bertz CT molecular complexity index is 1210. The van der Waals surface area contributed by atoms with Gasteiger partial charge in [-0.2, -0.15) is 0 Å². The van der Waals surface area contributed by atoms with Crippen LogP contribution in [0.15, 0.2) is 66.9 Å². The van der Waals surface area contributed by atoms with Gasteiger partial charge >= 0.3 is 0 Å². The summed E-state index contributed by atoms with van der Waals surface area (Å²) < 4.78 is 0. The third-order valence-electron chi connectivity index (χ3n) is 5.94. The molecule has 0 saturated carbocycles. The second-order valence-electron chi connectivity index (χ2n) is 8.16. The highest BCUT2D eigenvalue weighted by Gasteiger charge is 2.37. The predicted octanol–water partition coefficient (Wildman–Crippen LogP) is 1.88. The number of para-hydroxylation sites is 1. The Hall–Kier alpha value is -4.07. The number of carbonyl (C=O) groups is 4. The topological polar surface area (TPSA) is 108 Å². The van der Waals surface area contributed by atoms with E-state index in [0.717, 1.165) is 5.56 Å². The molecular weight excluding hydrogens is 432 g/mol. The second kappa shape index (κ2) is 10.7. The van der Waals surface area contributed by atoms with Gasteiger partial charge in [0.2, 0.25) is 11.7 Å². The van der Waals surface area contributed by atoms with E-state index in [1.54, 1.807) is 18.3 Å². The summed E-state index contributed by atoms with van der Waals surface area (Å²) in [5.74, 6) is -2.09. The molecule has 0 aliphatic carbocycles. The average Bonchev–Trinajstić information content (AvgIpc) is 3.37. The van der Waals surface area contributed by atoms with Crippen molar-refractivity contribution >= 4 is 34.4 Å². The lowest BCUT2D eigenvalue weighted by Gasteiger charge is -2.23. The molecule has 2 heterocycles. The first kappa shape index (κ1) is 23.1.